The molecule has 110 valence electrons. The number of hydrogen-bond donors (Lipinski definition) is 1. The molecule has 0 fully saturated rings. The van der Waals surface area contributed by atoms with Gasteiger partial charge in [-0.3, -0.25) is 9.78 Å². The van der Waals surface area contributed by atoms with Gasteiger partial charge in [-0.1, -0.05) is 11.6 Å². The summed E-state index contributed by atoms with van der Waals surface area (Å²) in [5, 5.41) is 9.97. The highest BCUT2D eigenvalue weighted by Gasteiger charge is 2.12. The summed E-state index contributed by atoms with van der Waals surface area (Å²) in [5.41, 5.74) is 0.337. The molecule has 1 aromatic heterocycles. The van der Waals surface area contributed by atoms with Gasteiger partial charge in [0.1, 0.15) is 18.1 Å². The molecule has 6 heteroatoms. The van der Waals surface area contributed by atoms with Crippen LogP contribution in [-0.2, 0) is 0 Å². The number of benzene rings is 1. The summed E-state index contributed by atoms with van der Waals surface area (Å²) in [4.78, 5) is 17.4. The SMILES string of the molecule is CN(CCOc1ccc(Cl)cc1)C(=O)c1cncc(O)c1. The molecule has 0 saturated carbocycles. The van der Waals surface area contributed by atoms with Crippen molar-refractivity contribution in [2.75, 3.05) is 20.2 Å². The minimum Gasteiger partial charge on any atom is -0.506 e. The summed E-state index contributed by atoms with van der Waals surface area (Å²) in [5.74, 6) is 0.434. The van der Waals surface area contributed by atoms with Gasteiger partial charge in [-0.25, -0.2) is 0 Å². The summed E-state index contributed by atoms with van der Waals surface area (Å²) < 4.78 is 5.52. The number of halogens is 1. The minimum atomic E-state index is -0.224. The molecule has 0 bridgehead atoms. The van der Waals surface area contributed by atoms with E-state index in [2.05, 4.69) is 4.98 Å². The summed E-state index contributed by atoms with van der Waals surface area (Å²) in [6, 6.07) is 8.40. The van der Waals surface area contributed by atoms with Crippen LogP contribution in [0.15, 0.2) is 42.7 Å². The van der Waals surface area contributed by atoms with Crippen molar-refractivity contribution in [3.8, 4) is 11.5 Å². The highest BCUT2D eigenvalue weighted by molar-refractivity contribution is 6.30. The van der Waals surface area contributed by atoms with Crippen LogP contribution in [0.1, 0.15) is 10.4 Å². The van der Waals surface area contributed by atoms with E-state index in [0.29, 0.717) is 29.5 Å². The first-order chi connectivity index (χ1) is 10.1. The molecular formula is C15H15ClN2O3. The van der Waals surface area contributed by atoms with E-state index in [4.69, 9.17) is 16.3 Å². The van der Waals surface area contributed by atoms with E-state index in [9.17, 15) is 9.90 Å². The first-order valence-electron chi connectivity index (χ1n) is 6.34. The Labute approximate surface area is 127 Å². The van der Waals surface area contributed by atoms with Gasteiger partial charge in [0, 0.05) is 18.3 Å². The van der Waals surface area contributed by atoms with Gasteiger partial charge in [0.05, 0.1) is 18.3 Å². The number of carbonyl (C=O) groups excluding carboxylic acids is 1. The van der Waals surface area contributed by atoms with Gasteiger partial charge in [-0.2, -0.15) is 0 Å². The van der Waals surface area contributed by atoms with E-state index in [1.807, 2.05) is 0 Å². The van der Waals surface area contributed by atoms with E-state index < -0.39 is 0 Å². The molecule has 0 spiro atoms. The number of aromatic nitrogens is 1. The highest BCUT2D eigenvalue weighted by atomic mass is 35.5. The summed E-state index contributed by atoms with van der Waals surface area (Å²) in [6.07, 6.45) is 2.69. The van der Waals surface area contributed by atoms with Gasteiger partial charge in [0.25, 0.3) is 5.91 Å². The molecule has 0 aliphatic carbocycles. The zero-order valence-electron chi connectivity index (χ0n) is 11.5. The topological polar surface area (TPSA) is 62.7 Å². The van der Waals surface area contributed by atoms with E-state index in [1.54, 1.807) is 31.3 Å². The molecular weight excluding hydrogens is 292 g/mol. The highest BCUT2D eigenvalue weighted by Crippen LogP contribution is 2.15. The largest absolute Gasteiger partial charge is 0.506 e. The number of hydrogen-bond acceptors (Lipinski definition) is 4. The number of ether oxygens (including phenoxy) is 1. The molecule has 1 heterocycles. The smallest absolute Gasteiger partial charge is 0.255 e. The maximum absolute atomic E-state index is 12.1. The molecule has 1 amide bonds. The lowest BCUT2D eigenvalue weighted by Crippen LogP contribution is -2.30. The van der Waals surface area contributed by atoms with Crippen LogP contribution in [0.5, 0.6) is 11.5 Å². The van der Waals surface area contributed by atoms with E-state index in [1.165, 1.54) is 23.4 Å². The number of rotatable bonds is 5. The molecule has 1 N–H and O–H groups in total. The predicted molar refractivity (Wildman–Crippen MR) is 79.8 cm³/mol. The zero-order valence-corrected chi connectivity index (χ0v) is 12.2. The van der Waals surface area contributed by atoms with Crippen molar-refractivity contribution in [3.05, 3.63) is 53.3 Å². The third-order valence-electron chi connectivity index (χ3n) is 2.83. The molecule has 0 atom stereocenters. The Bertz CT molecular complexity index is 617. The fourth-order valence-corrected chi connectivity index (χ4v) is 1.82. The number of aromatic hydroxyl groups is 1. The maximum Gasteiger partial charge on any atom is 0.255 e. The van der Waals surface area contributed by atoms with Gasteiger partial charge in [0.2, 0.25) is 0 Å². The minimum absolute atomic E-state index is 0.0355. The van der Waals surface area contributed by atoms with Gasteiger partial charge in [-0.05, 0) is 30.3 Å². The lowest BCUT2D eigenvalue weighted by molar-refractivity contribution is 0.0773. The number of amides is 1. The van der Waals surface area contributed by atoms with E-state index in [0.717, 1.165) is 0 Å². The molecule has 1 aromatic carbocycles. The summed E-state index contributed by atoms with van der Waals surface area (Å²) >= 11 is 5.78. The van der Waals surface area contributed by atoms with Crippen molar-refractivity contribution in [2.24, 2.45) is 0 Å². The summed E-state index contributed by atoms with van der Waals surface area (Å²) in [7, 11) is 1.66. The average molecular weight is 307 g/mol. The van der Waals surface area contributed by atoms with E-state index >= 15 is 0 Å². The van der Waals surface area contributed by atoms with Crippen LogP contribution < -0.4 is 4.74 Å². The van der Waals surface area contributed by atoms with Gasteiger partial charge in [0.15, 0.2) is 0 Å². The normalized spacial score (nSPS) is 10.2. The molecule has 21 heavy (non-hydrogen) atoms. The van der Waals surface area contributed by atoms with Crippen LogP contribution in [0.25, 0.3) is 0 Å². The first kappa shape index (κ1) is 15.1. The van der Waals surface area contributed by atoms with Crippen molar-refractivity contribution in [2.45, 2.75) is 0 Å². The number of pyridine rings is 1. The predicted octanol–water partition coefficient (Wildman–Crippen LogP) is 2.59. The lowest BCUT2D eigenvalue weighted by atomic mass is 10.2. The van der Waals surface area contributed by atoms with Crippen LogP contribution in [-0.4, -0.2) is 41.1 Å². The van der Waals surface area contributed by atoms with Crippen molar-refractivity contribution in [3.63, 3.8) is 0 Å². The Morgan fingerprint density at radius 1 is 1.33 bits per heavy atom. The van der Waals surface area contributed by atoms with Crippen LogP contribution >= 0.6 is 11.6 Å². The molecule has 0 saturated heterocycles. The Hall–Kier alpha value is -2.27. The maximum atomic E-state index is 12.1. The van der Waals surface area contributed by atoms with Crippen molar-refractivity contribution in [1.29, 1.82) is 0 Å². The van der Waals surface area contributed by atoms with Gasteiger partial charge >= 0.3 is 0 Å². The Morgan fingerprint density at radius 2 is 2.05 bits per heavy atom. The van der Waals surface area contributed by atoms with Gasteiger partial charge in [-0.15, -0.1) is 0 Å². The Morgan fingerprint density at radius 3 is 2.71 bits per heavy atom. The number of carbonyl (C=O) groups is 1. The Balaban J connectivity index is 1.85. The molecule has 2 rings (SSSR count). The second kappa shape index (κ2) is 6.95. The molecule has 0 aliphatic rings. The molecule has 2 aromatic rings. The third kappa shape index (κ3) is 4.36. The Kier molecular flexibility index (Phi) is 5.00. The fraction of sp³-hybridized carbons (Fsp3) is 0.200. The lowest BCUT2D eigenvalue weighted by Gasteiger charge is -2.17. The molecule has 0 aliphatic heterocycles. The summed E-state index contributed by atoms with van der Waals surface area (Å²) in [6.45, 7) is 0.771. The molecule has 5 nitrogen and oxygen atoms in total. The first-order valence-corrected chi connectivity index (χ1v) is 6.72. The second-order valence-electron chi connectivity index (χ2n) is 4.46. The van der Waals surface area contributed by atoms with Crippen LogP contribution in [0.3, 0.4) is 0 Å². The quantitative estimate of drug-likeness (QED) is 0.922. The molecule has 0 unspecified atom stereocenters. The third-order valence-corrected chi connectivity index (χ3v) is 3.08. The van der Waals surface area contributed by atoms with Crippen LogP contribution in [0.4, 0.5) is 0 Å². The molecule has 0 radical (unpaired) electrons. The monoisotopic (exact) mass is 306 g/mol. The van der Waals surface area contributed by atoms with Crippen molar-refractivity contribution in [1.82, 2.24) is 9.88 Å². The average Bonchev–Trinajstić information content (AvgIpc) is 2.48. The number of nitrogens with zero attached hydrogens (tertiary/aromatic N) is 2. The fourth-order valence-electron chi connectivity index (χ4n) is 1.70. The van der Waals surface area contributed by atoms with Crippen molar-refractivity contribution >= 4 is 17.5 Å². The zero-order chi connectivity index (χ0) is 15.2. The van der Waals surface area contributed by atoms with Crippen molar-refractivity contribution < 1.29 is 14.6 Å². The standard InChI is InChI=1S/C15H15ClN2O3/c1-18(15(20)11-8-13(19)10-17-9-11)6-7-21-14-4-2-12(16)3-5-14/h2-5,8-10,19H,6-7H2,1H3. The second-order valence-corrected chi connectivity index (χ2v) is 4.90. The van der Waals surface area contributed by atoms with Crippen LogP contribution in [0.2, 0.25) is 5.02 Å². The van der Waals surface area contributed by atoms with Gasteiger partial charge < -0.3 is 14.7 Å². The van der Waals surface area contributed by atoms with Crippen LogP contribution in [0, 0.1) is 0 Å². The number of likely N-dealkylation sites (N-methyl/N-ethyl adjacent to an activating group) is 1. The van der Waals surface area contributed by atoms with E-state index in [-0.39, 0.29) is 11.7 Å².